The first-order valence-corrected chi connectivity index (χ1v) is 11.3. The molecular formula is C21H30N2O5S. The van der Waals surface area contributed by atoms with Crippen molar-refractivity contribution in [1.82, 2.24) is 5.32 Å². The first kappa shape index (κ1) is 21.8. The standard InChI is InChI=1S/C21H30N2O5S/c1-27-12-11-22-19(25)18-15-9-5-6-10-16(15)29-20(18)23-17(24)13-28-21(26)14-7-3-2-4-8-14/h14H,2-13H2,1H3,(H,22,25)(H,23,24). The molecule has 29 heavy (non-hydrogen) atoms. The Balaban J connectivity index is 1.62. The van der Waals surface area contributed by atoms with Gasteiger partial charge < -0.3 is 20.1 Å². The van der Waals surface area contributed by atoms with Crippen molar-refractivity contribution in [1.29, 1.82) is 0 Å². The fourth-order valence-electron chi connectivity index (χ4n) is 4.00. The minimum atomic E-state index is -0.404. The number of ether oxygens (including phenoxy) is 2. The van der Waals surface area contributed by atoms with Gasteiger partial charge in [0.2, 0.25) is 0 Å². The Morgan fingerprint density at radius 2 is 1.83 bits per heavy atom. The number of hydrogen-bond donors (Lipinski definition) is 2. The SMILES string of the molecule is COCCNC(=O)c1c(NC(=O)COC(=O)C2CCCCC2)sc2c1CCCC2. The van der Waals surface area contributed by atoms with Crippen LogP contribution < -0.4 is 10.6 Å². The lowest BCUT2D eigenvalue weighted by molar-refractivity contribution is -0.152. The van der Waals surface area contributed by atoms with Crippen molar-refractivity contribution in [2.24, 2.45) is 5.92 Å². The van der Waals surface area contributed by atoms with Gasteiger partial charge in [0.1, 0.15) is 5.00 Å². The van der Waals surface area contributed by atoms with Crippen LogP contribution >= 0.6 is 11.3 Å². The Hall–Kier alpha value is -1.93. The molecule has 1 saturated carbocycles. The van der Waals surface area contributed by atoms with E-state index in [1.807, 2.05) is 0 Å². The maximum atomic E-state index is 12.7. The molecular weight excluding hydrogens is 392 g/mol. The number of nitrogens with one attached hydrogen (secondary N) is 2. The maximum Gasteiger partial charge on any atom is 0.309 e. The lowest BCUT2D eigenvalue weighted by Gasteiger charge is -2.19. The van der Waals surface area contributed by atoms with Crippen LogP contribution in [0.2, 0.25) is 0 Å². The summed E-state index contributed by atoms with van der Waals surface area (Å²) in [5, 5.41) is 6.20. The summed E-state index contributed by atoms with van der Waals surface area (Å²) in [4.78, 5) is 38.5. The average Bonchev–Trinajstić information content (AvgIpc) is 3.10. The molecule has 8 heteroatoms. The van der Waals surface area contributed by atoms with E-state index in [9.17, 15) is 14.4 Å². The molecule has 0 atom stereocenters. The molecule has 3 rings (SSSR count). The van der Waals surface area contributed by atoms with Gasteiger partial charge in [0.25, 0.3) is 11.8 Å². The Bertz CT molecular complexity index is 740. The fraction of sp³-hybridized carbons (Fsp3) is 0.667. The van der Waals surface area contributed by atoms with Gasteiger partial charge in [-0.05, 0) is 44.1 Å². The van der Waals surface area contributed by atoms with E-state index in [4.69, 9.17) is 9.47 Å². The highest BCUT2D eigenvalue weighted by Crippen LogP contribution is 2.38. The van der Waals surface area contributed by atoms with Gasteiger partial charge in [-0.2, -0.15) is 0 Å². The minimum Gasteiger partial charge on any atom is -0.455 e. The number of fused-ring (bicyclic) bond motifs is 1. The van der Waals surface area contributed by atoms with E-state index >= 15 is 0 Å². The molecule has 7 nitrogen and oxygen atoms in total. The van der Waals surface area contributed by atoms with E-state index in [0.29, 0.717) is 23.7 Å². The molecule has 0 aliphatic heterocycles. The van der Waals surface area contributed by atoms with Crippen molar-refractivity contribution in [2.45, 2.75) is 57.8 Å². The van der Waals surface area contributed by atoms with Gasteiger partial charge in [-0.1, -0.05) is 19.3 Å². The molecule has 2 amide bonds. The van der Waals surface area contributed by atoms with Gasteiger partial charge in [-0.3, -0.25) is 14.4 Å². The highest BCUT2D eigenvalue weighted by Gasteiger charge is 2.27. The summed E-state index contributed by atoms with van der Waals surface area (Å²) in [6, 6.07) is 0. The van der Waals surface area contributed by atoms with Crippen LogP contribution in [0.5, 0.6) is 0 Å². The van der Waals surface area contributed by atoms with Gasteiger partial charge in [0, 0.05) is 18.5 Å². The number of hydrogen-bond acceptors (Lipinski definition) is 6. The molecule has 2 aliphatic carbocycles. The zero-order valence-electron chi connectivity index (χ0n) is 17.0. The summed E-state index contributed by atoms with van der Waals surface area (Å²) in [5.41, 5.74) is 1.58. The molecule has 1 aromatic heterocycles. The fourth-order valence-corrected chi connectivity index (χ4v) is 5.31. The van der Waals surface area contributed by atoms with Crippen LogP contribution in [0.1, 0.15) is 65.7 Å². The van der Waals surface area contributed by atoms with Crippen molar-refractivity contribution in [3.05, 3.63) is 16.0 Å². The smallest absolute Gasteiger partial charge is 0.309 e. The second-order valence-corrected chi connectivity index (χ2v) is 8.76. The molecule has 0 bridgehead atoms. The quantitative estimate of drug-likeness (QED) is 0.496. The normalized spacial score (nSPS) is 16.7. The maximum absolute atomic E-state index is 12.7. The van der Waals surface area contributed by atoms with Crippen LogP contribution in [0.15, 0.2) is 0 Å². The van der Waals surface area contributed by atoms with Crippen molar-refractivity contribution < 1.29 is 23.9 Å². The third kappa shape index (κ3) is 5.79. The summed E-state index contributed by atoms with van der Waals surface area (Å²) >= 11 is 1.46. The number of anilines is 1. The number of methoxy groups -OCH3 is 1. The monoisotopic (exact) mass is 422 g/mol. The zero-order chi connectivity index (χ0) is 20.6. The van der Waals surface area contributed by atoms with Crippen LogP contribution in [0.3, 0.4) is 0 Å². The highest BCUT2D eigenvalue weighted by atomic mass is 32.1. The van der Waals surface area contributed by atoms with Crippen LogP contribution in [-0.4, -0.2) is 44.7 Å². The Kier molecular flexibility index (Phi) is 8.06. The van der Waals surface area contributed by atoms with Crippen LogP contribution in [-0.2, 0) is 31.9 Å². The zero-order valence-corrected chi connectivity index (χ0v) is 17.8. The first-order valence-electron chi connectivity index (χ1n) is 10.5. The number of rotatable bonds is 8. The minimum absolute atomic E-state index is 0.0901. The molecule has 1 aromatic rings. The van der Waals surface area contributed by atoms with Crippen LogP contribution in [0.4, 0.5) is 5.00 Å². The lowest BCUT2D eigenvalue weighted by Crippen LogP contribution is -2.29. The molecule has 1 fully saturated rings. The Labute approximate surface area is 175 Å². The number of carbonyl (C=O) groups excluding carboxylic acids is 3. The van der Waals surface area contributed by atoms with Crippen molar-refractivity contribution in [3.8, 4) is 0 Å². The number of amides is 2. The number of carbonyl (C=O) groups is 3. The van der Waals surface area contributed by atoms with Crippen molar-refractivity contribution in [2.75, 3.05) is 32.2 Å². The molecule has 0 unspecified atom stereocenters. The highest BCUT2D eigenvalue weighted by molar-refractivity contribution is 7.17. The number of aryl methyl sites for hydroxylation is 1. The van der Waals surface area contributed by atoms with Gasteiger partial charge in [-0.15, -0.1) is 11.3 Å². The predicted octanol–water partition coefficient (Wildman–Crippen LogP) is 3.07. The third-order valence-corrected chi connectivity index (χ3v) is 6.73. The predicted molar refractivity (Wildman–Crippen MR) is 111 cm³/mol. The Morgan fingerprint density at radius 3 is 2.59 bits per heavy atom. The topological polar surface area (TPSA) is 93.7 Å². The second kappa shape index (κ2) is 10.7. The van der Waals surface area contributed by atoms with Crippen molar-refractivity contribution >= 4 is 34.1 Å². The van der Waals surface area contributed by atoms with Gasteiger partial charge in [-0.25, -0.2) is 0 Å². The number of thiophene rings is 1. The Morgan fingerprint density at radius 1 is 1.07 bits per heavy atom. The van der Waals surface area contributed by atoms with E-state index in [-0.39, 0.29) is 24.4 Å². The lowest BCUT2D eigenvalue weighted by atomic mass is 9.89. The van der Waals surface area contributed by atoms with Gasteiger partial charge >= 0.3 is 5.97 Å². The molecule has 1 heterocycles. The molecule has 0 radical (unpaired) electrons. The van der Waals surface area contributed by atoms with Gasteiger partial charge in [0.05, 0.1) is 18.1 Å². The van der Waals surface area contributed by atoms with E-state index in [2.05, 4.69) is 10.6 Å². The molecule has 2 N–H and O–H groups in total. The summed E-state index contributed by atoms with van der Waals surface area (Å²) in [6.45, 7) is 0.520. The van der Waals surface area contributed by atoms with E-state index in [0.717, 1.165) is 68.2 Å². The first-order chi connectivity index (χ1) is 14.1. The summed E-state index contributed by atoms with van der Waals surface area (Å²) < 4.78 is 10.2. The summed E-state index contributed by atoms with van der Waals surface area (Å²) in [5.74, 6) is -0.981. The second-order valence-electron chi connectivity index (χ2n) is 7.65. The number of esters is 1. The van der Waals surface area contributed by atoms with E-state index < -0.39 is 5.91 Å². The molecule has 0 aromatic carbocycles. The van der Waals surface area contributed by atoms with Crippen molar-refractivity contribution in [3.63, 3.8) is 0 Å². The van der Waals surface area contributed by atoms with Crippen LogP contribution in [0, 0.1) is 5.92 Å². The molecule has 0 spiro atoms. The summed E-state index contributed by atoms with van der Waals surface area (Å²) in [6.07, 6.45) is 8.79. The largest absolute Gasteiger partial charge is 0.455 e. The summed E-state index contributed by atoms with van der Waals surface area (Å²) in [7, 11) is 1.58. The van der Waals surface area contributed by atoms with Crippen LogP contribution in [0.25, 0.3) is 0 Å². The van der Waals surface area contributed by atoms with Gasteiger partial charge in [0.15, 0.2) is 6.61 Å². The third-order valence-electron chi connectivity index (χ3n) is 5.53. The molecule has 2 aliphatic rings. The van der Waals surface area contributed by atoms with E-state index in [1.165, 1.54) is 11.3 Å². The van der Waals surface area contributed by atoms with E-state index in [1.54, 1.807) is 7.11 Å². The average molecular weight is 423 g/mol. The molecule has 160 valence electrons. The molecule has 0 saturated heterocycles.